The summed E-state index contributed by atoms with van der Waals surface area (Å²) in [5, 5.41) is 0. The third kappa shape index (κ3) is 4.75. The molecule has 1 aliphatic rings. The van der Waals surface area contributed by atoms with E-state index < -0.39 is 0 Å². The van der Waals surface area contributed by atoms with Crippen molar-refractivity contribution in [2.45, 2.75) is 25.8 Å². The minimum atomic E-state index is 0.579. The van der Waals surface area contributed by atoms with E-state index in [-0.39, 0.29) is 0 Å². The molecule has 1 aromatic rings. The molecule has 3 heteroatoms. The number of benzene rings is 1. The van der Waals surface area contributed by atoms with Gasteiger partial charge in [0.1, 0.15) is 5.75 Å². The third-order valence-electron chi connectivity index (χ3n) is 2.91. The van der Waals surface area contributed by atoms with Gasteiger partial charge < -0.3 is 15.2 Å². The summed E-state index contributed by atoms with van der Waals surface area (Å²) < 4.78 is 11.1. The first-order valence-corrected chi connectivity index (χ1v) is 6.38. The lowest BCUT2D eigenvalue weighted by Gasteiger charge is -2.07. The first kappa shape index (κ1) is 12.4. The molecule has 0 bridgehead atoms. The molecular formula is C14H21NO2. The van der Waals surface area contributed by atoms with Gasteiger partial charge in [-0.25, -0.2) is 0 Å². The molecule has 1 aromatic carbocycles. The summed E-state index contributed by atoms with van der Waals surface area (Å²) in [5.74, 6) is 1.75. The summed E-state index contributed by atoms with van der Waals surface area (Å²) in [6.45, 7) is 3.03. The van der Waals surface area contributed by atoms with Crippen molar-refractivity contribution >= 4 is 0 Å². The smallest absolute Gasteiger partial charge is 0.119 e. The Labute approximate surface area is 103 Å². The zero-order valence-corrected chi connectivity index (χ0v) is 10.2. The lowest BCUT2D eigenvalue weighted by atomic mass is 10.2. The molecule has 1 saturated carbocycles. The van der Waals surface area contributed by atoms with E-state index >= 15 is 0 Å². The fourth-order valence-electron chi connectivity index (χ4n) is 1.61. The number of rotatable bonds is 8. The average Bonchev–Trinajstić information content (AvgIpc) is 3.18. The highest BCUT2D eigenvalue weighted by Gasteiger charge is 2.20. The molecule has 0 saturated heterocycles. The molecule has 94 valence electrons. The van der Waals surface area contributed by atoms with Crippen LogP contribution in [0.1, 0.15) is 24.8 Å². The molecule has 0 aliphatic heterocycles. The van der Waals surface area contributed by atoms with Gasteiger partial charge in [-0.2, -0.15) is 0 Å². The van der Waals surface area contributed by atoms with Crippen LogP contribution in [0.2, 0.25) is 0 Å². The summed E-state index contributed by atoms with van der Waals surface area (Å²) in [4.78, 5) is 0. The standard InChI is InChI=1S/C14H21NO2/c15-10-12-4-6-14(7-5-12)17-9-1-8-16-11-13-2-3-13/h4-7,13H,1-3,8-11,15H2. The Kier molecular flexibility index (Phi) is 4.83. The van der Waals surface area contributed by atoms with E-state index in [0.29, 0.717) is 13.2 Å². The second-order valence-electron chi connectivity index (χ2n) is 4.57. The second kappa shape index (κ2) is 6.62. The van der Waals surface area contributed by atoms with Crippen LogP contribution in [0.25, 0.3) is 0 Å². The minimum Gasteiger partial charge on any atom is -0.494 e. The normalized spacial score (nSPS) is 14.9. The summed E-state index contributed by atoms with van der Waals surface area (Å²) in [7, 11) is 0. The summed E-state index contributed by atoms with van der Waals surface area (Å²) in [5.41, 5.74) is 6.66. The van der Waals surface area contributed by atoms with Gasteiger partial charge in [-0.05, 0) is 36.5 Å². The van der Waals surface area contributed by atoms with E-state index in [0.717, 1.165) is 36.9 Å². The summed E-state index contributed by atoms with van der Waals surface area (Å²) in [6, 6.07) is 7.93. The topological polar surface area (TPSA) is 44.5 Å². The first-order chi connectivity index (χ1) is 8.38. The molecule has 0 atom stereocenters. The highest BCUT2D eigenvalue weighted by Crippen LogP contribution is 2.28. The minimum absolute atomic E-state index is 0.579. The van der Waals surface area contributed by atoms with Crippen molar-refractivity contribution in [1.82, 2.24) is 0 Å². The molecule has 1 aliphatic carbocycles. The van der Waals surface area contributed by atoms with Crippen LogP contribution in [0.3, 0.4) is 0 Å². The van der Waals surface area contributed by atoms with E-state index in [1.165, 1.54) is 12.8 Å². The number of hydrogen-bond acceptors (Lipinski definition) is 3. The number of hydrogen-bond donors (Lipinski definition) is 1. The van der Waals surface area contributed by atoms with E-state index in [9.17, 15) is 0 Å². The average molecular weight is 235 g/mol. The van der Waals surface area contributed by atoms with Crippen LogP contribution in [0.4, 0.5) is 0 Å². The molecule has 0 spiro atoms. The lowest BCUT2D eigenvalue weighted by molar-refractivity contribution is 0.111. The summed E-state index contributed by atoms with van der Waals surface area (Å²) >= 11 is 0. The van der Waals surface area contributed by atoms with E-state index in [1.807, 2.05) is 24.3 Å². The zero-order chi connectivity index (χ0) is 11.9. The number of nitrogens with two attached hydrogens (primary N) is 1. The van der Waals surface area contributed by atoms with Crippen molar-refractivity contribution in [2.75, 3.05) is 19.8 Å². The Bertz CT molecular complexity index is 319. The Hall–Kier alpha value is -1.06. The van der Waals surface area contributed by atoms with Gasteiger partial charge in [0.25, 0.3) is 0 Å². The van der Waals surface area contributed by atoms with Crippen LogP contribution in [0, 0.1) is 5.92 Å². The van der Waals surface area contributed by atoms with E-state index in [1.54, 1.807) is 0 Å². The van der Waals surface area contributed by atoms with Gasteiger partial charge in [0.2, 0.25) is 0 Å². The van der Waals surface area contributed by atoms with Crippen LogP contribution < -0.4 is 10.5 Å². The fourth-order valence-corrected chi connectivity index (χ4v) is 1.61. The van der Waals surface area contributed by atoms with Gasteiger partial charge in [0, 0.05) is 26.2 Å². The zero-order valence-electron chi connectivity index (χ0n) is 10.2. The van der Waals surface area contributed by atoms with Gasteiger partial charge >= 0.3 is 0 Å². The van der Waals surface area contributed by atoms with Crippen molar-refractivity contribution in [3.8, 4) is 5.75 Å². The lowest BCUT2D eigenvalue weighted by Crippen LogP contribution is -2.04. The van der Waals surface area contributed by atoms with Crippen molar-refractivity contribution in [1.29, 1.82) is 0 Å². The molecule has 1 fully saturated rings. The quantitative estimate of drug-likeness (QED) is 0.703. The largest absolute Gasteiger partial charge is 0.494 e. The Balaban J connectivity index is 1.53. The van der Waals surface area contributed by atoms with Crippen LogP contribution >= 0.6 is 0 Å². The monoisotopic (exact) mass is 235 g/mol. The van der Waals surface area contributed by atoms with Crippen LogP contribution in [-0.2, 0) is 11.3 Å². The van der Waals surface area contributed by atoms with Crippen molar-refractivity contribution in [2.24, 2.45) is 11.7 Å². The first-order valence-electron chi connectivity index (χ1n) is 6.38. The maximum atomic E-state index is 5.61. The van der Waals surface area contributed by atoms with Crippen LogP contribution in [0.5, 0.6) is 5.75 Å². The van der Waals surface area contributed by atoms with E-state index in [4.69, 9.17) is 15.2 Å². The van der Waals surface area contributed by atoms with Gasteiger partial charge in [0.05, 0.1) is 6.61 Å². The van der Waals surface area contributed by atoms with Gasteiger partial charge in [-0.15, -0.1) is 0 Å². The molecule has 0 aromatic heterocycles. The maximum Gasteiger partial charge on any atom is 0.119 e. The van der Waals surface area contributed by atoms with Gasteiger partial charge in [0.15, 0.2) is 0 Å². The van der Waals surface area contributed by atoms with E-state index in [2.05, 4.69) is 0 Å². The van der Waals surface area contributed by atoms with Gasteiger partial charge in [-0.3, -0.25) is 0 Å². The highest BCUT2D eigenvalue weighted by molar-refractivity contribution is 5.26. The van der Waals surface area contributed by atoms with Crippen LogP contribution in [0.15, 0.2) is 24.3 Å². The molecule has 0 amide bonds. The predicted octanol–water partition coefficient (Wildman–Crippen LogP) is 2.34. The van der Waals surface area contributed by atoms with Gasteiger partial charge in [-0.1, -0.05) is 12.1 Å². The molecule has 2 N–H and O–H groups in total. The van der Waals surface area contributed by atoms with Crippen molar-refractivity contribution in [3.63, 3.8) is 0 Å². The fraction of sp³-hybridized carbons (Fsp3) is 0.571. The molecule has 2 rings (SSSR count). The number of ether oxygens (including phenoxy) is 2. The Morgan fingerprint density at radius 2 is 1.88 bits per heavy atom. The Morgan fingerprint density at radius 3 is 2.53 bits per heavy atom. The third-order valence-corrected chi connectivity index (χ3v) is 2.91. The molecule has 0 radical (unpaired) electrons. The van der Waals surface area contributed by atoms with Crippen LogP contribution in [-0.4, -0.2) is 19.8 Å². The van der Waals surface area contributed by atoms with Crippen molar-refractivity contribution in [3.05, 3.63) is 29.8 Å². The molecule has 0 unspecified atom stereocenters. The molecular weight excluding hydrogens is 214 g/mol. The molecule has 3 nitrogen and oxygen atoms in total. The molecule has 0 heterocycles. The highest BCUT2D eigenvalue weighted by atomic mass is 16.5. The summed E-state index contributed by atoms with van der Waals surface area (Å²) in [6.07, 6.45) is 3.65. The second-order valence-corrected chi connectivity index (χ2v) is 4.57. The van der Waals surface area contributed by atoms with Crippen molar-refractivity contribution < 1.29 is 9.47 Å². The Morgan fingerprint density at radius 1 is 1.12 bits per heavy atom. The molecule has 17 heavy (non-hydrogen) atoms. The SMILES string of the molecule is NCc1ccc(OCCCOCC2CC2)cc1. The predicted molar refractivity (Wildman–Crippen MR) is 68.0 cm³/mol. The maximum absolute atomic E-state index is 5.61.